The van der Waals surface area contributed by atoms with E-state index in [1.54, 1.807) is 7.05 Å². The lowest BCUT2D eigenvalue weighted by Gasteiger charge is -2.26. The molecular formula is C52H77N31O15. The van der Waals surface area contributed by atoms with Crippen molar-refractivity contribution in [1.82, 2.24) is 104 Å². The van der Waals surface area contributed by atoms with Crippen molar-refractivity contribution in [3.63, 3.8) is 0 Å². The molecule has 10 amide bonds. The molecule has 0 saturated heterocycles. The van der Waals surface area contributed by atoms with Crippen molar-refractivity contribution >= 4 is 117 Å². The minimum Gasteiger partial charge on any atom is -0.385 e. The number of nitrogens with one attached hydrogen (secondary N) is 6. The summed E-state index contributed by atoms with van der Waals surface area (Å²) >= 11 is 0. The Hall–Kier alpha value is -12.9. The lowest BCUT2D eigenvalue weighted by atomic mass is 10.3. The molecule has 26 N–H and O–H groups in total. The van der Waals surface area contributed by atoms with Crippen molar-refractivity contribution in [2.45, 2.75) is 32.7 Å². The highest BCUT2D eigenvalue weighted by molar-refractivity contribution is 5.88. The van der Waals surface area contributed by atoms with E-state index in [4.69, 9.17) is 57.3 Å². The van der Waals surface area contributed by atoms with E-state index in [1.807, 2.05) is 0 Å². The van der Waals surface area contributed by atoms with E-state index in [-0.39, 0.29) is 90.9 Å². The molecule has 46 heteroatoms. The third-order valence-electron chi connectivity index (χ3n) is 13.9. The Morgan fingerprint density at radius 3 is 0.673 bits per heavy atom. The highest BCUT2D eigenvalue weighted by Crippen LogP contribution is 2.10. The summed E-state index contributed by atoms with van der Waals surface area (Å²) in [6, 6.07) is 5.58. The summed E-state index contributed by atoms with van der Waals surface area (Å²) in [5.74, 6) is -10.9. The number of rotatable bonds is 35. The second-order valence-electron chi connectivity index (χ2n) is 21.1. The van der Waals surface area contributed by atoms with Crippen molar-refractivity contribution in [2.24, 2.45) is 0 Å². The van der Waals surface area contributed by atoms with Crippen LogP contribution in [0, 0.1) is 0 Å². The highest BCUT2D eigenvalue weighted by atomic mass is 16.2. The molecule has 0 saturated carbocycles. The van der Waals surface area contributed by atoms with Gasteiger partial charge in [-0.2, -0.15) is 24.9 Å². The molecule has 0 aliphatic heterocycles. The molecule has 0 atom stereocenters. The number of nitrogens with two attached hydrogens (primary N) is 10. The lowest BCUT2D eigenvalue weighted by Crippen LogP contribution is -2.50. The van der Waals surface area contributed by atoms with Gasteiger partial charge in [0.1, 0.15) is 90.9 Å². The molecule has 0 radical (unpaired) electrons. The Balaban J connectivity index is 1.30. The van der Waals surface area contributed by atoms with E-state index < -0.39 is 186 Å². The van der Waals surface area contributed by atoms with Crippen molar-refractivity contribution in [2.75, 3.05) is 170 Å². The number of aromatic nitrogens is 10. The summed E-state index contributed by atoms with van der Waals surface area (Å²) in [6.45, 7) is -10.4. The SMILES string of the molecule is CNCCN(CC(=O)NCCN(CC(=O)NCCN(CC(=O)NCCN(CC(=O)NCCN(CC(=O)NC)C(=O)Cn1c(N)cc(N)nc1=O)C(=O)Cn1c(N)cc(N)nc1=O)C(=O)Cn1c(N)cc(N)nc1=O)C(=O)Cn1c(N)cc(N)nc1=O)C(=O)Cn1c(N)cc(N)nc1=O. The van der Waals surface area contributed by atoms with Gasteiger partial charge in [-0.1, -0.05) is 0 Å². The van der Waals surface area contributed by atoms with E-state index in [2.05, 4.69) is 56.8 Å². The standard InChI is InChI=1S/C52H77N31O15/c1-63-3-8-74(43(89)23-79-33(58)13-28(53)69-48(79)94)19-39(85)66-5-10-76(45(91)25-81-35(60)15-30(55)71-50(81)96)21-41(87)68-7-12-78(47(93)27-83-37(62)17-32(57)73-52(83)98)22-42(88)67-6-11-77(46(92)26-82-36(61)16-31(56)72-51(82)97)20-40(86)65-4-9-75(18-38(84)64-2)44(90)24-80-34(59)14-29(54)70-49(80)95/h13-17,63H,3-12,18-27,58-62H2,1-2H3,(H,64,84)(H,65,86)(H,66,85)(H,67,88)(H,68,87)(H2,53,69,94)(H2,54,70,95)(H2,55,71,96)(H2,56,72,97)(H2,57,73,98). The number of hydrogen-bond donors (Lipinski definition) is 16. The minimum atomic E-state index is -1.05. The first-order valence-electron chi connectivity index (χ1n) is 29.2. The smallest absolute Gasteiger partial charge is 0.351 e. The van der Waals surface area contributed by atoms with Gasteiger partial charge >= 0.3 is 28.4 Å². The van der Waals surface area contributed by atoms with Crippen LogP contribution in [0.1, 0.15) is 0 Å². The Morgan fingerprint density at radius 2 is 0.500 bits per heavy atom. The molecule has 98 heavy (non-hydrogen) atoms. The number of carbonyl (C=O) groups is 10. The third kappa shape index (κ3) is 22.7. The average molecular weight is 1380 g/mol. The second-order valence-corrected chi connectivity index (χ2v) is 21.1. The second kappa shape index (κ2) is 35.4. The normalized spacial score (nSPS) is 10.8. The van der Waals surface area contributed by atoms with E-state index in [0.717, 1.165) is 71.6 Å². The molecule has 0 aliphatic carbocycles. The predicted octanol–water partition coefficient (Wildman–Crippen LogP) is -13.3. The molecule has 0 aromatic carbocycles. The van der Waals surface area contributed by atoms with Crippen molar-refractivity contribution in [1.29, 1.82) is 0 Å². The topological polar surface area (TPSA) is 694 Å². The first kappa shape index (κ1) is 75.8. The van der Waals surface area contributed by atoms with Crippen LogP contribution in [0.2, 0.25) is 0 Å². The van der Waals surface area contributed by atoms with Crippen LogP contribution in [0.3, 0.4) is 0 Å². The summed E-state index contributed by atoms with van der Waals surface area (Å²) in [7, 11) is 2.89. The van der Waals surface area contributed by atoms with Crippen LogP contribution >= 0.6 is 0 Å². The molecule has 46 nitrogen and oxygen atoms in total. The van der Waals surface area contributed by atoms with Gasteiger partial charge in [0, 0.05) is 103 Å². The summed E-state index contributed by atoms with van der Waals surface area (Å²) in [5.41, 5.74) is 52.8. The van der Waals surface area contributed by atoms with Gasteiger partial charge in [-0.05, 0) is 7.05 Å². The monoisotopic (exact) mass is 1380 g/mol. The Morgan fingerprint density at radius 1 is 0.316 bits per heavy atom. The number of nitrogens with zero attached hydrogens (tertiary/aromatic N) is 15. The van der Waals surface area contributed by atoms with Crippen LogP contribution < -0.4 is 118 Å². The van der Waals surface area contributed by atoms with Crippen LogP contribution in [0.5, 0.6) is 0 Å². The third-order valence-corrected chi connectivity index (χ3v) is 13.9. The van der Waals surface area contributed by atoms with E-state index >= 15 is 0 Å². The summed E-state index contributed by atoms with van der Waals surface area (Å²) in [6.07, 6.45) is 0. The van der Waals surface area contributed by atoms with Gasteiger partial charge in [0.15, 0.2) is 0 Å². The number of anilines is 10. The van der Waals surface area contributed by atoms with Crippen molar-refractivity contribution in [3.8, 4) is 0 Å². The average Bonchev–Trinajstić information content (AvgIpc) is 0.866. The van der Waals surface area contributed by atoms with E-state index in [1.165, 1.54) is 13.1 Å². The first-order chi connectivity index (χ1) is 46.3. The molecule has 0 spiro atoms. The molecule has 5 rings (SSSR count). The molecule has 5 heterocycles. The fraction of sp³-hybridized carbons (Fsp3) is 0.423. The van der Waals surface area contributed by atoms with Gasteiger partial charge in [-0.25, -0.2) is 24.0 Å². The maximum Gasteiger partial charge on any atom is 0.351 e. The van der Waals surface area contributed by atoms with Crippen molar-refractivity contribution < 1.29 is 47.9 Å². The summed E-state index contributed by atoms with van der Waals surface area (Å²) < 4.78 is 3.88. The molecule has 0 fully saturated rings. The van der Waals surface area contributed by atoms with Gasteiger partial charge < -0.3 is 114 Å². The molecule has 0 aliphatic rings. The van der Waals surface area contributed by atoms with E-state index in [9.17, 15) is 71.9 Å². The molecule has 0 bridgehead atoms. The van der Waals surface area contributed by atoms with Crippen LogP contribution in [0.4, 0.5) is 58.2 Å². The molecule has 530 valence electrons. The maximum absolute atomic E-state index is 14.0. The largest absolute Gasteiger partial charge is 0.385 e. The van der Waals surface area contributed by atoms with Gasteiger partial charge in [-0.3, -0.25) is 70.8 Å². The van der Waals surface area contributed by atoms with Gasteiger partial charge in [-0.15, -0.1) is 0 Å². The fourth-order valence-electron chi connectivity index (χ4n) is 8.88. The maximum atomic E-state index is 14.0. The Kier molecular flexibility index (Phi) is 27.3. The number of nitrogen functional groups attached to an aromatic ring is 10. The number of hydrogen-bond acceptors (Lipinski definition) is 31. The summed E-state index contributed by atoms with van der Waals surface area (Å²) in [5, 5.41) is 15.2. The van der Waals surface area contributed by atoms with Gasteiger partial charge in [0.2, 0.25) is 59.1 Å². The van der Waals surface area contributed by atoms with Gasteiger partial charge in [0.25, 0.3) is 0 Å². The zero-order valence-electron chi connectivity index (χ0n) is 53.1. The zero-order valence-corrected chi connectivity index (χ0v) is 53.1. The van der Waals surface area contributed by atoms with E-state index in [0.29, 0.717) is 0 Å². The van der Waals surface area contributed by atoms with Gasteiger partial charge in [0.05, 0.1) is 32.7 Å². The Bertz CT molecular complexity index is 4130. The Labute approximate surface area is 553 Å². The molecule has 5 aromatic rings. The minimum absolute atomic E-state index is 0.0263. The predicted molar refractivity (Wildman–Crippen MR) is 350 cm³/mol. The molecular weight excluding hydrogens is 1300 g/mol. The number of likely N-dealkylation sites (N-methyl/N-ethyl adjacent to an activating group) is 2. The molecule has 0 unspecified atom stereocenters. The highest BCUT2D eigenvalue weighted by Gasteiger charge is 2.27. The zero-order chi connectivity index (χ0) is 72.7. The van der Waals surface area contributed by atoms with Crippen LogP contribution in [0.25, 0.3) is 0 Å². The van der Waals surface area contributed by atoms with Crippen molar-refractivity contribution in [3.05, 3.63) is 82.8 Å². The number of carbonyl (C=O) groups excluding carboxylic acids is 10. The van der Waals surface area contributed by atoms with Crippen LogP contribution in [-0.2, 0) is 80.7 Å². The fourth-order valence-corrected chi connectivity index (χ4v) is 8.88. The van der Waals surface area contributed by atoms with Crippen LogP contribution in [-0.4, -0.2) is 244 Å². The van der Waals surface area contributed by atoms with Crippen LogP contribution in [0.15, 0.2) is 54.3 Å². The first-order valence-corrected chi connectivity index (χ1v) is 29.2. The lowest BCUT2D eigenvalue weighted by molar-refractivity contribution is -0.138. The quantitative estimate of drug-likeness (QED) is 0.0179. The summed E-state index contributed by atoms with van der Waals surface area (Å²) in [4.78, 5) is 222. The molecule has 5 aromatic heterocycles. The number of amides is 10.